The SMILES string of the molecule is COC(=O)c1cc(C(=O)N2CC[C@@H]3CCCC[C@@H]3C2)cc([N+](=O)[O-])c1. The van der Waals surface area contributed by atoms with E-state index in [-0.39, 0.29) is 22.7 Å². The number of non-ortho nitro benzene ring substituents is 1. The summed E-state index contributed by atoms with van der Waals surface area (Å²) in [5.74, 6) is 0.264. The van der Waals surface area contributed by atoms with Gasteiger partial charge >= 0.3 is 5.97 Å². The van der Waals surface area contributed by atoms with Crippen molar-refractivity contribution in [3.8, 4) is 0 Å². The van der Waals surface area contributed by atoms with Crippen LogP contribution in [0.15, 0.2) is 18.2 Å². The van der Waals surface area contributed by atoms with E-state index in [1.165, 1.54) is 38.5 Å². The Kier molecular flexibility index (Phi) is 5.01. The van der Waals surface area contributed by atoms with Crippen molar-refractivity contribution in [2.24, 2.45) is 11.8 Å². The van der Waals surface area contributed by atoms with Crippen LogP contribution in [0.25, 0.3) is 0 Å². The van der Waals surface area contributed by atoms with E-state index < -0.39 is 10.9 Å². The normalized spacial score (nSPS) is 22.8. The molecule has 2 aliphatic rings. The molecular formula is C18H22N2O5. The summed E-state index contributed by atoms with van der Waals surface area (Å²) in [6.45, 7) is 1.36. The molecule has 0 spiro atoms. The van der Waals surface area contributed by atoms with Crippen LogP contribution >= 0.6 is 0 Å². The van der Waals surface area contributed by atoms with Gasteiger partial charge in [-0.2, -0.15) is 0 Å². The zero-order valence-corrected chi connectivity index (χ0v) is 14.3. The predicted molar refractivity (Wildman–Crippen MR) is 90.4 cm³/mol. The Labute approximate surface area is 146 Å². The molecule has 1 aliphatic heterocycles. The molecule has 7 heteroatoms. The maximum absolute atomic E-state index is 12.9. The molecule has 2 fully saturated rings. The summed E-state index contributed by atoms with van der Waals surface area (Å²) in [5, 5.41) is 11.1. The van der Waals surface area contributed by atoms with Crippen molar-refractivity contribution >= 4 is 17.6 Å². The predicted octanol–water partition coefficient (Wildman–Crippen LogP) is 3.03. The van der Waals surface area contributed by atoms with Crippen LogP contribution in [0.5, 0.6) is 0 Å². The van der Waals surface area contributed by atoms with Crippen LogP contribution in [0.1, 0.15) is 52.8 Å². The van der Waals surface area contributed by atoms with Crippen molar-refractivity contribution in [2.45, 2.75) is 32.1 Å². The molecule has 134 valence electrons. The number of likely N-dealkylation sites (tertiary alicyclic amines) is 1. The highest BCUT2D eigenvalue weighted by Crippen LogP contribution is 2.36. The van der Waals surface area contributed by atoms with Gasteiger partial charge in [0.2, 0.25) is 0 Å². The van der Waals surface area contributed by atoms with Gasteiger partial charge in [0.25, 0.3) is 11.6 Å². The van der Waals surface area contributed by atoms with Crippen LogP contribution in [-0.4, -0.2) is 41.9 Å². The van der Waals surface area contributed by atoms with Crippen LogP contribution in [0.2, 0.25) is 0 Å². The third-order valence-corrected chi connectivity index (χ3v) is 5.38. The number of esters is 1. The average Bonchev–Trinajstić information content (AvgIpc) is 2.65. The minimum Gasteiger partial charge on any atom is -0.465 e. The average molecular weight is 346 g/mol. The first-order valence-corrected chi connectivity index (χ1v) is 8.66. The Morgan fingerprint density at radius 1 is 1.12 bits per heavy atom. The fraction of sp³-hybridized carbons (Fsp3) is 0.556. The Morgan fingerprint density at radius 2 is 1.80 bits per heavy atom. The summed E-state index contributed by atoms with van der Waals surface area (Å²) in [5.41, 5.74) is -0.0877. The molecule has 0 aromatic heterocycles. The van der Waals surface area contributed by atoms with E-state index >= 15 is 0 Å². The van der Waals surface area contributed by atoms with Gasteiger partial charge in [0.05, 0.1) is 17.6 Å². The number of benzene rings is 1. The van der Waals surface area contributed by atoms with E-state index in [4.69, 9.17) is 0 Å². The second-order valence-electron chi connectivity index (χ2n) is 6.86. The van der Waals surface area contributed by atoms with E-state index in [1.54, 1.807) is 4.90 Å². The van der Waals surface area contributed by atoms with E-state index in [1.807, 2.05) is 0 Å². The van der Waals surface area contributed by atoms with Crippen LogP contribution in [0, 0.1) is 22.0 Å². The first-order chi connectivity index (χ1) is 12.0. The molecule has 1 aliphatic carbocycles. The van der Waals surface area contributed by atoms with Crippen LogP contribution in [0.4, 0.5) is 5.69 Å². The summed E-state index contributed by atoms with van der Waals surface area (Å²) in [7, 11) is 1.20. The molecule has 1 saturated carbocycles. The van der Waals surface area contributed by atoms with Crippen LogP contribution in [-0.2, 0) is 4.74 Å². The fourth-order valence-corrected chi connectivity index (χ4v) is 4.04. The molecule has 3 rings (SSSR count). The number of hydrogen-bond acceptors (Lipinski definition) is 5. The second-order valence-corrected chi connectivity index (χ2v) is 6.86. The number of nitrogens with zero attached hydrogens (tertiary/aromatic N) is 2. The topological polar surface area (TPSA) is 89.8 Å². The minimum absolute atomic E-state index is 0.0209. The molecule has 1 amide bonds. The van der Waals surface area contributed by atoms with Crippen molar-refractivity contribution in [2.75, 3.05) is 20.2 Å². The lowest BCUT2D eigenvalue weighted by atomic mass is 9.75. The highest BCUT2D eigenvalue weighted by atomic mass is 16.6. The number of nitro benzene ring substituents is 1. The Bertz CT molecular complexity index is 703. The fourth-order valence-electron chi connectivity index (χ4n) is 4.04. The summed E-state index contributed by atoms with van der Waals surface area (Å²) >= 11 is 0. The van der Waals surface area contributed by atoms with Gasteiger partial charge in [0.15, 0.2) is 0 Å². The number of rotatable bonds is 3. The van der Waals surface area contributed by atoms with Gasteiger partial charge in [-0.05, 0) is 30.7 Å². The third kappa shape index (κ3) is 3.65. The molecule has 0 radical (unpaired) electrons. The molecular weight excluding hydrogens is 324 g/mol. The van der Waals surface area contributed by atoms with E-state index in [0.717, 1.165) is 18.9 Å². The van der Waals surface area contributed by atoms with E-state index in [2.05, 4.69) is 4.74 Å². The second kappa shape index (κ2) is 7.21. The van der Waals surface area contributed by atoms with Crippen molar-refractivity contribution in [1.82, 2.24) is 4.90 Å². The number of amides is 1. The molecule has 2 atom stereocenters. The number of hydrogen-bond donors (Lipinski definition) is 0. The third-order valence-electron chi connectivity index (χ3n) is 5.38. The number of ether oxygens (including phenoxy) is 1. The molecule has 0 unspecified atom stereocenters. The van der Waals surface area contributed by atoms with Gasteiger partial charge in [0.1, 0.15) is 0 Å². The summed E-state index contributed by atoms with van der Waals surface area (Å²) in [6, 6.07) is 3.76. The van der Waals surface area contributed by atoms with Gasteiger partial charge in [-0.1, -0.05) is 19.3 Å². The highest BCUT2D eigenvalue weighted by Gasteiger charge is 2.33. The Balaban J connectivity index is 1.84. The molecule has 1 saturated heterocycles. The molecule has 1 aromatic rings. The van der Waals surface area contributed by atoms with Crippen molar-refractivity contribution in [3.05, 3.63) is 39.4 Å². The number of carbonyl (C=O) groups is 2. The maximum Gasteiger partial charge on any atom is 0.338 e. The van der Waals surface area contributed by atoms with Crippen molar-refractivity contribution in [3.63, 3.8) is 0 Å². The zero-order chi connectivity index (χ0) is 18.0. The van der Waals surface area contributed by atoms with Gasteiger partial charge in [-0.3, -0.25) is 14.9 Å². The Hall–Kier alpha value is -2.44. The number of piperidine rings is 1. The lowest BCUT2D eigenvalue weighted by molar-refractivity contribution is -0.384. The van der Waals surface area contributed by atoms with E-state index in [0.29, 0.717) is 24.9 Å². The first-order valence-electron chi connectivity index (χ1n) is 8.66. The maximum atomic E-state index is 12.9. The summed E-state index contributed by atoms with van der Waals surface area (Å²) in [6.07, 6.45) is 5.82. The van der Waals surface area contributed by atoms with Crippen molar-refractivity contribution in [1.29, 1.82) is 0 Å². The van der Waals surface area contributed by atoms with Crippen LogP contribution < -0.4 is 0 Å². The van der Waals surface area contributed by atoms with Crippen molar-refractivity contribution < 1.29 is 19.2 Å². The van der Waals surface area contributed by atoms with Crippen LogP contribution in [0.3, 0.4) is 0 Å². The first kappa shape index (κ1) is 17.4. The molecule has 7 nitrogen and oxygen atoms in total. The monoisotopic (exact) mass is 346 g/mol. The zero-order valence-electron chi connectivity index (χ0n) is 14.3. The van der Waals surface area contributed by atoms with Gasteiger partial charge < -0.3 is 9.64 Å². The number of nitro groups is 1. The molecule has 25 heavy (non-hydrogen) atoms. The Morgan fingerprint density at radius 3 is 2.48 bits per heavy atom. The quantitative estimate of drug-likeness (QED) is 0.477. The largest absolute Gasteiger partial charge is 0.465 e. The molecule has 1 aromatic carbocycles. The van der Waals surface area contributed by atoms with Gasteiger partial charge in [0, 0.05) is 30.8 Å². The number of methoxy groups -OCH3 is 1. The molecule has 0 N–H and O–H groups in total. The standard InChI is InChI=1S/C18H22N2O5/c1-25-18(22)15-8-14(9-16(10-15)20(23)24)17(21)19-7-6-12-4-2-3-5-13(12)11-19/h8-10,12-13H,2-7,11H2,1H3/t12-,13+/m0/s1. The lowest BCUT2D eigenvalue weighted by Crippen LogP contribution is -2.44. The van der Waals surface area contributed by atoms with Gasteiger partial charge in [-0.15, -0.1) is 0 Å². The number of carbonyl (C=O) groups excluding carboxylic acids is 2. The summed E-state index contributed by atoms with van der Waals surface area (Å²) < 4.78 is 4.64. The molecule has 1 heterocycles. The summed E-state index contributed by atoms with van der Waals surface area (Å²) in [4.78, 5) is 36.9. The number of fused-ring (bicyclic) bond motifs is 1. The highest BCUT2D eigenvalue weighted by molar-refractivity contribution is 5.99. The molecule has 0 bridgehead atoms. The minimum atomic E-state index is -0.691. The van der Waals surface area contributed by atoms with E-state index in [9.17, 15) is 19.7 Å². The smallest absolute Gasteiger partial charge is 0.338 e. The lowest BCUT2D eigenvalue weighted by Gasteiger charge is -2.41. The van der Waals surface area contributed by atoms with Gasteiger partial charge in [-0.25, -0.2) is 4.79 Å².